The molecule has 0 spiro atoms. The molecule has 9 heavy (non-hydrogen) atoms. The Morgan fingerprint density at radius 1 is 0.778 bits per heavy atom. The Labute approximate surface area is 58.6 Å². The Kier molecular flexibility index (Phi) is 717. The maximum atomic E-state index is 3.36. The van der Waals surface area contributed by atoms with Gasteiger partial charge in [0.2, 0.25) is 0 Å². The van der Waals surface area contributed by atoms with Crippen LogP contribution in [-0.4, -0.2) is 0 Å². The third-order valence-corrected chi connectivity index (χ3v) is 0. The Balaban J connectivity index is -0.00000000889. The molecule has 60 valence electrons. The lowest BCUT2D eigenvalue weighted by Crippen LogP contribution is -1.07. The van der Waals surface area contributed by atoms with Gasteiger partial charge in [-0.25, -0.2) is 0 Å². The lowest BCUT2D eigenvalue weighted by Gasteiger charge is -1.31. The molecule has 0 unspecified atom stereocenters. The molecular formula is C6H21N3. The second kappa shape index (κ2) is 161. The van der Waals surface area contributed by atoms with Gasteiger partial charge in [-0.2, -0.15) is 0 Å². The van der Waals surface area contributed by atoms with Gasteiger partial charge >= 0.3 is 0 Å². The summed E-state index contributed by atoms with van der Waals surface area (Å²) in [4.78, 5) is 0. The minimum Gasteiger partial charge on any atom is -0.344 e. The maximum Gasteiger partial charge on any atom is -0.0473 e. The minimum atomic E-state index is 0. The van der Waals surface area contributed by atoms with Gasteiger partial charge < -0.3 is 18.5 Å². The molecule has 0 heterocycles. The van der Waals surface area contributed by atoms with Gasteiger partial charge in [-0.3, -0.25) is 0 Å². The lowest BCUT2D eigenvalue weighted by molar-refractivity contribution is 1.80. The van der Waals surface area contributed by atoms with Crippen LogP contribution >= 0.6 is 0 Å². The number of allylic oxidation sites excluding steroid dienone is 2. The molecule has 0 fully saturated rings. The molecule has 0 saturated heterocycles. The van der Waals surface area contributed by atoms with E-state index in [1.165, 1.54) is 0 Å². The van der Waals surface area contributed by atoms with E-state index >= 15 is 0 Å². The zero-order chi connectivity index (χ0) is 5.41. The van der Waals surface area contributed by atoms with E-state index in [-0.39, 0.29) is 18.5 Å². The van der Waals surface area contributed by atoms with Crippen LogP contribution in [0.4, 0.5) is 0 Å². The molecule has 0 radical (unpaired) electrons. The number of hydrogen-bond donors (Lipinski definition) is 3. The molecule has 3 heteroatoms. The predicted molar refractivity (Wildman–Crippen MR) is 46.8 cm³/mol. The van der Waals surface area contributed by atoms with Crippen LogP contribution < -0.4 is 18.5 Å². The average molecular weight is 135 g/mol. The average Bonchev–Trinajstić information content (AvgIpc) is 1.39. The molecule has 3 nitrogen and oxygen atoms in total. The van der Waals surface area contributed by atoms with E-state index in [4.69, 9.17) is 0 Å². The fraction of sp³-hybridized carbons (Fsp3) is 0.333. The first kappa shape index (κ1) is 40.1. The van der Waals surface area contributed by atoms with Gasteiger partial charge in [0, 0.05) is 0 Å². The molecule has 0 aliphatic heterocycles. The molecule has 0 aromatic rings. The van der Waals surface area contributed by atoms with Gasteiger partial charge in [-0.05, 0) is 13.8 Å². The number of hydrogen-bond acceptors (Lipinski definition) is 3. The van der Waals surface area contributed by atoms with Crippen molar-refractivity contribution < 1.29 is 0 Å². The quantitative estimate of drug-likeness (QED) is 0.444. The summed E-state index contributed by atoms with van der Waals surface area (Å²) < 4.78 is 0. The Hall–Kier alpha value is -0.640. The first-order valence-corrected chi connectivity index (χ1v) is 1.97. The van der Waals surface area contributed by atoms with Gasteiger partial charge in [0.1, 0.15) is 0 Å². The molecule has 0 bridgehead atoms. The second-order valence-corrected chi connectivity index (χ2v) is 0.816. The zero-order valence-electron chi connectivity index (χ0n) is 6.69. The third-order valence-electron chi connectivity index (χ3n) is 0. The Bertz CT molecular complexity index is 29.3. The van der Waals surface area contributed by atoms with E-state index in [2.05, 4.69) is 13.2 Å². The monoisotopic (exact) mass is 135 g/mol. The van der Waals surface area contributed by atoms with Crippen molar-refractivity contribution in [3.63, 3.8) is 0 Å². The molecular weight excluding hydrogens is 114 g/mol. The van der Waals surface area contributed by atoms with Crippen molar-refractivity contribution in [1.82, 2.24) is 18.5 Å². The molecule has 0 aromatic carbocycles. The molecule has 0 saturated carbocycles. The van der Waals surface area contributed by atoms with Gasteiger partial charge in [0.05, 0.1) is 0 Å². The van der Waals surface area contributed by atoms with E-state index in [1.807, 2.05) is 13.8 Å². The minimum absolute atomic E-state index is 0. The van der Waals surface area contributed by atoms with Crippen LogP contribution in [0.5, 0.6) is 0 Å². The van der Waals surface area contributed by atoms with E-state index in [9.17, 15) is 0 Å². The molecule has 9 N–H and O–H groups in total. The summed E-state index contributed by atoms with van der Waals surface area (Å²) in [7, 11) is 0. The molecule has 0 amide bonds. The largest absolute Gasteiger partial charge is 0.344 e. The lowest BCUT2D eigenvalue weighted by atomic mass is 10.8. The van der Waals surface area contributed by atoms with Crippen molar-refractivity contribution >= 4 is 0 Å². The fourth-order valence-corrected chi connectivity index (χ4v) is 0. The topological polar surface area (TPSA) is 105 Å². The van der Waals surface area contributed by atoms with E-state index < -0.39 is 0 Å². The fourth-order valence-electron chi connectivity index (χ4n) is 0. The van der Waals surface area contributed by atoms with Crippen LogP contribution in [0.3, 0.4) is 0 Å². The Morgan fingerprint density at radius 2 is 0.778 bits per heavy atom. The first-order chi connectivity index (χ1) is 2.83. The smallest absolute Gasteiger partial charge is 0.0473 e. The van der Waals surface area contributed by atoms with Crippen molar-refractivity contribution in [3.05, 3.63) is 25.3 Å². The van der Waals surface area contributed by atoms with Gasteiger partial charge in [0.25, 0.3) is 0 Å². The van der Waals surface area contributed by atoms with E-state index in [0.717, 1.165) is 0 Å². The summed E-state index contributed by atoms with van der Waals surface area (Å²) in [5.74, 6) is 0. The summed E-state index contributed by atoms with van der Waals surface area (Å²) in [6.45, 7) is 10.5. The highest BCUT2D eigenvalue weighted by molar-refractivity contribution is 4.51. The highest BCUT2D eigenvalue weighted by Gasteiger charge is 1.15. The zero-order valence-corrected chi connectivity index (χ0v) is 6.69. The van der Waals surface area contributed by atoms with Crippen LogP contribution in [0, 0.1) is 0 Å². The van der Waals surface area contributed by atoms with Crippen molar-refractivity contribution in [3.8, 4) is 0 Å². The summed E-state index contributed by atoms with van der Waals surface area (Å²) >= 11 is 0. The van der Waals surface area contributed by atoms with Crippen LogP contribution in [0.1, 0.15) is 13.8 Å². The van der Waals surface area contributed by atoms with Crippen LogP contribution in [-0.2, 0) is 0 Å². The molecule has 0 aliphatic carbocycles. The number of rotatable bonds is 0. The second-order valence-electron chi connectivity index (χ2n) is 0.816. The highest BCUT2D eigenvalue weighted by Crippen LogP contribution is 1.38. The summed E-state index contributed by atoms with van der Waals surface area (Å²) in [6, 6.07) is 0. The van der Waals surface area contributed by atoms with E-state index in [1.54, 1.807) is 12.2 Å². The molecule has 0 aliphatic rings. The normalized spacial score (nSPS) is 2.89. The SMILES string of the molecule is C=CC.C=CC.N.N.N. The van der Waals surface area contributed by atoms with Crippen molar-refractivity contribution in [1.29, 1.82) is 0 Å². The summed E-state index contributed by atoms with van der Waals surface area (Å²) in [5.41, 5.74) is 0. The highest BCUT2D eigenvalue weighted by atomic mass is 14.0. The first-order valence-electron chi connectivity index (χ1n) is 1.97. The van der Waals surface area contributed by atoms with Crippen LogP contribution in [0.25, 0.3) is 0 Å². The van der Waals surface area contributed by atoms with E-state index in [0.29, 0.717) is 0 Å². The molecule has 0 rings (SSSR count). The van der Waals surface area contributed by atoms with Crippen molar-refractivity contribution in [2.45, 2.75) is 13.8 Å². The summed E-state index contributed by atoms with van der Waals surface area (Å²) in [6.07, 6.45) is 3.50. The van der Waals surface area contributed by atoms with Crippen LogP contribution in [0.2, 0.25) is 0 Å². The predicted octanol–water partition coefficient (Wildman–Crippen LogP) is 2.87. The van der Waals surface area contributed by atoms with Crippen LogP contribution in [0.15, 0.2) is 25.3 Å². The molecule has 0 aromatic heterocycles. The standard InChI is InChI=1S/2C3H6.3H3N/c2*1-3-2;;;/h2*3H,1H2,2H3;3*1H3. The van der Waals surface area contributed by atoms with Gasteiger partial charge in [-0.1, -0.05) is 12.2 Å². The van der Waals surface area contributed by atoms with Gasteiger partial charge in [-0.15, -0.1) is 13.2 Å². The third kappa shape index (κ3) is 516. The molecule has 0 atom stereocenters. The van der Waals surface area contributed by atoms with Gasteiger partial charge in [0.15, 0.2) is 0 Å². The van der Waals surface area contributed by atoms with Crippen molar-refractivity contribution in [2.75, 3.05) is 0 Å². The Morgan fingerprint density at radius 3 is 0.778 bits per heavy atom. The maximum absolute atomic E-state index is 3.36. The van der Waals surface area contributed by atoms with Crippen molar-refractivity contribution in [2.24, 2.45) is 0 Å². The summed E-state index contributed by atoms with van der Waals surface area (Å²) in [5, 5.41) is 0.